The highest BCUT2D eigenvalue weighted by molar-refractivity contribution is 5.78. The Morgan fingerprint density at radius 2 is 1.67 bits per heavy atom. The Hall–Kier alpha value is -1.51. The molecule has 1 fully saturated rings. The van der Waals surface area contributed by atoms with Gasteiger partial charge in [-0.25, -0.2) is 0 Å². The van der Waals surface area contributed by atoms with Crippen molar-refractivity contribution in [2.75, 3.05) is 11.9 Å². The number of hydrogen-bond acceptors (Lipinski definition) is 2. The molecule has 0 saturated heterocycles. The van der Waals surface area contributed by atoms with Crippen molar-refractivity contribution in [2.45, 2.75) is 64.3 Å². The summed E-state index contributed by atoms with van der Waals surface area (Å²) < 4.78 is 0. The van der Waals surface area contributed by atoms with Crippen LogP contribution >= 0.6 is 0 Å². The molecule has 2 N–H and O–H groups in total. The molecule has 0 radical (unpaired) electrons. The van der Waals surface area contributed by atoms with E-state index in [0.717, 1.165) is 5.56 Å². The largest absolute Gasteiger partial charge is 0.382 e. The van der Waals surface area contributed by atoms with Gasteiger partial charge in [-0.1, -0.05) is 44.2 Å². The van der Waals surface area contributed by atoms with Crippen molar-refractivity contribution in [1.29, 1.82) is 0 Å². The van der Waals surface area contributed by atoms with Gasteiger partial charge in [0.25, 0.3) is 0 Å². The first kappa shape index (κ1) is 15.9. The number of nitrogens with one attached hydrogen (secondary N) is 2. The van der Waals surface area contributed by atoms with E-state index in [0.29, 0.717) is 19.0 Å². The van der Waals surface area contributed by atoms with Crippen molar-refractivity contribution in [1.82, 2.24) is 5.32 Å². The topological polar surface area (TPSA) is 41.1 Å². The van der Waals surface area contributed by atoms with Gasteiger partial charge in [-0.05, 0) is 37.5 Å². The summed E-state index contributed by atoms with van der Waals surface area (Å²) in [5, 5.41) is 6.49. The second-order valence-electron chi connectivity index (χ2n) is 6.01. The van der Waals surface area contributed by atoms with Crippen molar-refractivity contribution in [3.05, 3.63) is 29.8 Å². The maximum Gasteiger partial charge on any atom is 0.224 e. The van der Waals surface area contributed by atoms with Gasteiger partial charge in [-0.3, -0.25) is 4.79 Å². The van der Waals surface area contributed by atoms with Gasteiger partial charge in [0.05, 0.1) is 6.42 Å². The first-order valence-electron chi connectivity index (χ1n) is 8.40. The molecule has 1 amide bonds. The molecular formula is C18H28N2O. The van der Waals surface area contributed by atoms with Crippen LogP contribution in [0.3, 0.4) is 0 Å². The molecule has 0 heterocycles. The van der Waals surface area contributed by atoms with E-state index in [1.165, 1.54) is 50.6 Å². The molecule has 0 atom stereocenters. The molecule has 0 aromatic heterocycles. The third-order valence-corrected chi connectivity index (χ3v) is 4.17. The van der Waals surface area contributed by atoms with E-state index >= 15 is 0 Å². The highest BCUT2D eigenvalue weighted by Gasteiger charge is 2.11. The van der Waals surface area contributed by atoms with Crippen LogP contribution in [0, 0.1) is 0 Å². The van der Waals surface area contributed by atoms with Crippen molar-refractivity contribution in [3.8, 4) is 0 Å². The fourth-order valence-corrected chi connectivity index (χ4v) is 3.00. The zero-order valence-corrected chi connectivity index (χ0v) is 13.2. The van der Waals surface area contributed by atoms with Gasteiger partial charge in [0, 0.05) is 18.3 Å². The van der Waals surface area contributed by atoms with E-state index < -0.39 is 0 Å². The van der Waals surface area contributed by atoms with E-state index in [4.69, 9.17) is 0 Å². The Labute approximate surface area is 128 Å². The lowest BCUT2D eigenvalue weighted by atomic mass is 9.96. The first-order valence-corrected chi connectivity index (χ1v) is 8.40. The Bertz CT molecular complexity index is 419. The molecule has 1 aromatic rings. The molecule has 0 spiro atoms. The predicted octanol–water partition coefficient (Wildman–Crippen LogP) is 3.89. The average molecular weight is 288 g/mol. The molecule has 116 valence electrons. The molecule has 21 heavy (non-hydrogen) atoms. The van der Waals surface area contributed by atoms with Crippen molar-refractivity contribution in [2.24, 2.45) is 0 Å². The predicted molar refractivity (Wildman–Crippen MR) is 88.6 cm³/mol. The molecular weight excluding hydrogens is 260 g/mol. The molecule has 1 aliphatic carbocycles. The Morgan fingerprint density at radius 1 is 1.05 bits per heavy atom. The second-order valence-corrected chi connectivity index (χ2v) is 6.01. The Balaban J connectivity index is 1.84. The number of carbonyl (C=O) groups excluding carboxylic acids is 1. The Kier molecular flexibility index (Phi) is 6.58. The number of amides is 1. The molecule has 1 saturated carbocycles. The minimum Gasteiger partial charge on any atom is -0.382 e. The van der Waals surface area contributed by atoms with E-state index in [-0.39, 0.29) is 5.91 Å². The van der Waals surface area contributed by atoms with Crippen LogP contribution in [0.25, 0.3) is 0 Å². The number of benzene rings is 1. The number of hydrogen-bond donors (Lipinski definition) is 2. The molecule has 0 bridgehead atoms. The summed E-state index contributed by atoms with van der Waals surface area (Å²) in [5.41, 5.74) is 2.25. The van der Waals surface area contributed by atoms with Gasteiger partial charge in [0.1, 0.15) is 0 Å². The minimum absolute atomic E-state index is 0.0956. The summed E-state index contributed by atoms with van der Waals surface area (Å²) in [7, 11) is 0. The third kappa shape index (κ3) is 5.78. The van der Waals surface area contributed by atoms with Crippen LogP contribution in [0.15, 0.2) is 24.3 Å². The SMILES string of the molecule is CCNC(=O)Cc1ccc(NC2CCCCCCC2)cc1. The van der Waals surface area contributed by atoms with Crippen molar-refractivity contribution < 1.29 is 4.79 Å². The van der Waals surface area contributed by atoms with Crippen LogP contribution in [-0.4, -0.2) is 18.5 Å². The first-order chi connectivity index (χ1) is 10.3. The normalized spacial score (nSPS) is 16.8. The van der Waals surface area contributed by atoms with Crippen LogP contribution in [0.2, 0.25) is 0 Å². The lowest BCUT2D eigenvalue weighted by Gasteiger charge is -2.22. The zero-order chi connectivity index (χ0) is 14.9. The highest BCUT2D eigenvalue weighted by Crippen LogP contribution is 2.21. The quantitative estimate of drug-likeness (QED) is 0.863. The molecule has 1 aromatic carbocycles. The summed E-state index contributed by atoms with van der Waals surface area (Å²) in [6.45, 7) is 2.64. The number of carbonyl (C=O) groups is 1. The van der Waals surface area contributed by atoms with Gasteiger partial charge in [-0.2, -0.15) is 0 Å². The molecule has 3 nitrogen and oxygen atoms in total. The minimum atomic E-state index is 0.0956. The number of anilines is 1. The summed E-state index contributed by atoms with van der Waals surface area (Å²) in [6, 6.07) is 8.93. The van der Waals surface area contributed by atoms with Crippen LogP contribution in [-0.2, 0) is 11.2 Å². The summed E-state index contributed by atoms with van der Waals surface area (Å²) in [5.74, 6) is 0.0956. The second kappa shape index (κ2) is 8.71. The number of rotatable bonds is 5. The van der Waals surface area contributed by atoms with Crippen LogP contribution in [0.4, 0.5) is 5.69 Å². The van der Waals surface area contributed by atoms with Gasteiger partial charge in [0.2, 0.25) is 5.91 Å². The summed E-state index contributed by atoms with van der Waals surface area (Å²) in [6.07, 6.45) is 9.87. The maximum atomic E-state index is 11.6. The average Bonchev–Trinajstić information content (AvgIpc) is 2.44. The van der Waals surface area contributed by atoms with Gasteiger partial charge in [-0.15, -0.1) is 0 Å². The fraction of sp³-hybridized carbons (Fsp3) is 0.611. The zero-order valence-electron chi connectivity index (χ0n) is 13.2. The highest BCUT2D eigenvalue weighted by atomic mass is 16.1. The molecule has 3 heteroatoms. The van der Waals surface area contributed by atoms with Gasteiger partial charge < -0.3 is 10.6 Å². The summed E-state index contributed by atoms with van der Waals surface area (Å²) in [4.78, 5) is 11.6. The monoisotopic (exact) mass is 288 g/mol. The third-order valence-electron chi connectivity index (χ3n) is 4.17. The lowest BCUT2D eigenvalue weighted by molar-refractivity contribution is -0.120. The fourth-order valence-electron chi connectivity index (χ4n) is 3.00. The molecule has 1 aliphatic rings. The maximum absolute atomic E-state index is 11.6. The van der Waals surface area contributed by atoms with Crippen LogP contribution < -0.4 is 10.6 Å². The lowest BCUT2D eigenvalue weighted by Crippen LogP contribution is -2.24. The smallest absolute Gasteiger partial charge is 0.224 e. The van der Waals surface area contributed by atoms with Gasteiger partial charge in [0.15, 0.2) is 0 Å². The summed E-state index contributed by atoms with van der Waals surface area (Å²) >= 11 is 0. The van der Waals surface area contributed by atoms with Crippen LogP contribution in [0.5, 0.6) is 0 Å². The molecule has 2 rings (SSSR count). The van der Waals surface area contributed by atoms with Crippen molar-refractivity contribution in [3.63, 3.8) is 0 Å². The molecule has 0 unspecified atom stereocenters. The van der Waals surface area contributed by atoms with Crippen molar-refractivity contribution >= 4 is 11.6 Å². The van der Waals surface area contributed by atoms with E-state index in [1.807, 2.05) is 6.92 Å². The Morgan fingerprint density at radius 3 is 2.29 bits per heavy atom. The molecule has 0 aliphatic heterocycles. The number of likely N-dealkylation sites (N-methyl/N-ethyl adjacent to an activating group) is 1. The van der Waals surface area contributed by atoms with Crippen LogP contribution in [0.1, 0.15) is 57.4 Å². The van der Waals surface area contributed by atoms with E-state index in [2.05, 4.69) is 34.9 Å². The van der Waals surface area contributed by atoms with E-state index in [1.54, 1.807) is 0 Å². The van der Waals surface area contributed by atoms with E-state index in [9.17, 15) is 4.79 Å². The standard InChI is InChI=1S/C18H28N2O/c1-2-19-18(21)14-15-10-12-17(13-11-15)20-16-8-6-4-3-5-7-9-16/h10-13,16,20H,2-9,14H2,1H3,(H,19,21). The van der Waals surface area contributed by atoms with Gasteiger partial charge >= 0.3 is 0 Å².